The number of fused-ring (bicyclic) bond motifs is 1. The Bertz CT molecular complexity index is 1350. The van der Waals surface area contributed by atoms with Gasteiger partial charge in [0.2, 0.25) is 10.0 Å². The predicted octanol–water partition coefficient (Wildman–Crippen LogP) is 6.28. The van der Waals surface area contributed by atoms with E-state index in [4.69, 9.17) is 4.98 Å². The van der Waals surface area contributed by atoms with E-state index in [0.29, 0.717) is 29.7 Å². The van der Waals surface area contributed by atoms with Crippen molar-refractivity contribution >= 4 is 32.8 Å². The molecule has 3 aromatic rings. The third kappa shape index (κ3) is 4.72. The lowest BCUT2D eigenvalue weighted by Crippen LogP contribution is -2.39. The summed E-state index contributed by atoms with van der Waals surface area (Å²) in [5.41, 5.74) is 0.999. The highest BCUT2D eigenvalue weighted by atomic mass is 32.2. The molecule has 2 heterocycles. The van der Waals surface area contributed by atoms with Gasteiger partial charge in [-0.05, 0) is 61.9 Å². The largest absolute Gasteiger partial charge is 0.316 e. The molecule has 188 valence electrons. The van der Waals surface area contributed by atoms with Crippen molar-refractivity contribution in [3.8, 4) is 0 Å². The van der Waals surface area contributed by atoms with Crippen LogP contribution in [-0.2, 0) is 15.8 Å². The molecule has 1 aliphatic heterocycles. The molecule has 1 atom stereocenters. The van der Waals surface area contributed by atoms with Crippen molar-refractivity contribution in [1.82, 2.24) is 13.9 Å². The molecule has 1 aromatic heterocycles. The first-order chi connectivity index (χ1) is 16.8. The zero-order valence-electron chi connectivity index (χ0n) is 19.5. The lowest BCUT2D eigenvalue weighted by atomic mass is 10.0. The highest BCUT2D eigenvalue weighted by Gasteiger charge is 2.30. The summed E-state index contributed by atoms with van der Waals surface area (Å²) >= 11 is 1.14. The summed E-state index contributed by atoms with van der Waals surface area (Å²) in [6, 6.07) is 6.89. The Hall–Kier alpha value is -2.04. The minimum absolute atomic E-state index is 0.123. The molecular weight excluding hydrogens is 495 g/mol. The van der Waals surface area contributed by atoms with Crippen molar-refractivity contribution in [2.75, 3.05) is 13.1 Å². The lowest BCUT2D eigenvalue weighted by molar-refractivity contribution is 0.281. The maximum absolute atomic E-state index is 14.2. The van der Waals surface area contributed by atoms with E-state index >= 15 is 0 Å². The van der Waals surface area contributed by atoms with E-state index in [-0.39, 0.29) is 22.3 Å². The van der Waals surface area contributed by atoms with Crippen LogP contribution in [-0.4, -0.2) is 35.4 Å². The fourth-order valence-electron chi connectivity index (χ4n) is 5.19. The van der Waals surface area contributed by atoms with E-state index in [1.807, 2.05) is 0 Å². The Morgan fingerprint density at radius 1 is 1.03 bits per heavy atom. The third-order valence-corrected chi connectivity index (χ3v) is 9.90. The van der Waals surface area contributed by atoms with E-state index in [0.717, 1.165) is 67.9 Å². The molecule has 0 radical (unpaired) electrons. The molecule has 1 aliphatic carbocycles. The van der Waals surface area contributed by atoms with Gasteiger partial charge in [0.05, 0.1) is 15.9 Å². The van der Waals surface area contributed by atoms with Crippen LogP contribution >= 0.6 is 11.8 Å². The quantitative estimate of drug-likeness (QED) is 0.282. The van der Waals surface area contributed by atoms with Gasteiger partial charge in [0, 0.05) is 30.4 Å². The Morgan fingerprint density at radius 2 is 1.77 bits per heavy atom. The number of halogens is 3. The van der Waals surface area contributed by atoms with Gasteiger partial charge in [0.15, 0.2) is 16.8 Å². The zero-order chi connectivity index (χ0) is 24.7. The van der Waals surface area contributed by atoms with E-state index in [2.05, 4.69) is 11.5 Å². The third-order valence-electron chi connectivity index (χ3n) is 7.06. The number of thioether (sulfide) groups is 1. The van der Waals surface area contributed by atoms with Crippen LogP contribution in [0.25, 0.3) is 11.0 Å². The Kier molecular flexibility index (Phi) is 6.89. The summed E-state index contributed by atoms with van der Waals surface area (Å²) in [7, 11) is -3.64. The predicted molar refractivity (Wildman–Crippen MR) is 130 cm³/mol. The second kappa shape index (κ2) is 9.78. The number of sulfonamides is 1. The maximum atomic E-state index is 14.2. The van der Waals surface area contributed by atoms with Crippen molar-refractivity contribution in [2.24, 2.45) is 5.92 Å². The van der Waals surface area contributed by atoms with Gasteiger partial charge >= 0.3 is 0 Å². The molecule has 5 rings (SSSR count). The van der Waals surface area contributed by atoms with Gasteiger partial charge in [-0.2, -0.15) is 4.31 Å². The van der Waals surface area contributed by atoms with Crippen LogP contribution in [0.3, 0.4) is 0 Å². The molecule has 2 aromatic carbocycles. The van der Waals surface area contributed by atoms with Gasteiger partial charge in [-0.3, -0.25) is 0 Å². The Labute approximate surface area is 207 Å². The molecule has 1 saturated heterocycles. The van der Waals surface area contributed by atoms with Gasteiger partial charge in [-0.15, -0.1) is 0 Å². The summed E-state index contributed by atoms with van der Waals surface area (Å²) in [6.45, 7) is 3.07. The van der Waals surface area contributed by atoms with Crippen molar-refractivity contribution in [1.29, 1.82) is 0 Å². The second-order valence-electron chi connectivity index (χ2n) is 9.57. The first-order valence-corrected chi connectivity index (χ1v) is 14.5. The molecule has 10 heteroatoms. The highest BCUT2D eigenvalue weighted by Crippen LogP contribution is 2.38. The molecule has 0 bridgehead atoms. The van der Waals surface area contributed by atoms with Crippen LogP contribution in [0.15, 0.2) is 40.4 Å². The maximum Gasteiger partial charge on any atom is 0.243 e. The second-order valence-corrected chi connectivity index (χ2v) is 12.5. The number of rotatable bonds is 6. The first-order valence-electron chi connectivity index (χ1n) is 12.0. The van der Waals surface area contributed by atoms with Crippen LogP contribution in [0.5, 0.6) is 0 Å². The van der Waals surface area contributed by atoms with Crippen LogP contribution in [0, 0.1) is 23.4 Å². The number of hydrogen-bond acceptors (Lipinski definition) is 4. The molecular formula is C25H28F3N3O2S2. The van der Waals surface area contributed by atoms with E-state index < -0.39 is 27.5 Å². The normalized spacial score (nSPS) is 20.2. The average molecular weight is 524 g/mol. The van der Waals surface area contributed by atoms with Gasteiger partial charge in [-0.25, -0.2) is 26.6 Å². The number of piperidine rings is 1. The zero-order valence-corrected chi connectivity index (χ0v) is 21.1. The average Bonchev–Trinajstić information content (AvgIpc) is 3.48. The van der Waals surface area contributed by atoms with Crippen LogP contribution in [0.4, 0.5) is 13.2 Å². The smallest absolute Gasteiger partial charge is 0.243 e. The van der Waals surface area contributed by atoms with E-state index in [9.17, 15) is 21.6 Å². The van der Waals surface area contributed by atoms with Gasteiger partial charge in [-0.1, -0.05) is 31.5 Å². The SMILES string of the molecule is C[C@H]1CCCN(S(=O)(=O)c2ccc3c(c2)nc(SCc2c(F)ccc(F)c2F)n3C2CCCC2)C1. The number of hydrogen-bond donors (Lipinski definition) is 0. The minimum atomic E-state index is -3.64. The lowest BCUT2D eigenvalue weighted by Gasteiger charge is -2.30. The fourth-order valence-corrected chi connectivity index (χ4v) is 7.89. The standard InChI is InChI=1S/C25H28F3N3O2S2/c1-16-5-4-12-30(14-16)35(32,33)18-8-11-23-22(13-18)29-25(31(23)17-6-2-3-7-17)34-15-19-20(26)9-10-21(27)24(19)28/h8-11,13,16-17H,2-7,12,14-15H2,1H3/t16-/m0/s1. The van der Waals surface area contributed by atoms with Gasteiger partial charge < -0.3 is 4.57 Å². The Balaban J connectivity index is 1.51. The molecule has 0 spiro atoms. The summed E-state index contributed by atoms with van der Waals surface area (Å²) in [4.78, 5) is 4.90. The van der Waals surface area contributed by atoms with Crippen LogP contribution < -0.4 is 0 Å². The van der Waals surface area contributed by atoms with Crippen LogP contribution in [0.1, 0.15) is 57.1 Å². The van der Waals surface area contributed by atoms with E-state index in [1.165, 1.54) is 0 Å². The fraction of sp³-hybridized carbons (Fsp3) is 0.480. The van der Waals surface area contributed by atoms with Crippen molar-refractivity contribution in [3.63, 3.8) is 0 Å². The summed E-state index contributed by atoms with van der Waals surface area (Å²) < 4.78 is 72.3. The van der Waals surface area contributed by atoms with Gasteiger partial charge in [0.1, 0.15) is 5.82 Å². The molecule has 5 nitrogen and oxygen atoms in total. The topological polar surface area (TPSA) is 55.2 Å². The monoisotopic (exact) mass is 523 g/mol. The van der Waals surface area contributed by atoms with E-state index in [1.54, 1.807) is 22.5 Å². The molecule has 0 N–H and O–H groups in total. The highest BCUT2D eigenvalue weighted by molar-refractivity contribution is 7.98. The molecule has 1 saturated carbocycles. The first kappa shape index (κ1) is 24.6. The summed E-state index contributed by atoms with van der Waals surface area (Å²) in [5.74, 6) is -2.89. The van der Waals surface area contributed by atoms with Crippen molar-refractivity contribution in [3.05, 3.63) is 53.3 Å². The summed E-state index contributed by atoms with van der Waals surface area (Å²) in [6.07, 6.45) is 5.90. The number of imidazole rings is 1. The molecule has 2 fully saturated rings. The number of aromatic nitrogens is 2. The molecule has 35 heavy (non-hydrogen) atoms. The summed E-state index contributed by atoms with van der Waals surface area (Å²) in [5, 5.41) is 0.552. The van der Waals surface area contributed by atoms with Crippen molar-refractivity contribution in [2.45, 2.75) is 67.3 Å². The number of benzene rings is 2. The van der Waals surface area contributed by atoms with Crippen LogP contribution in [0.2, 0.25) is 0 Å². The molecule has 0 unspecified atom stereocenters. The van der Waals surface area contributed by atoms with Gasteiger partial charge in [0.25, 0.3) is 0 Å². The molecule has 0 amide bonds. The minimum Gasteiger partial charge on any atom is -0.316 e. The number of nitrogens with zero attached hydrogens (tertiary/aromatic N) is 3. The van der Waals surface area contributed by atoms with Crippen molar-refractivity contribution < 1.29 is 21.6 Å². The molecule has 2 aliphatic rings. The Morgan fingerprint density at radius 3 is 2.51 bits per heavy atom.